The molecule has 0 N–H and O–H groups in total. The zero-order valence-electron chi connectivity index (χ0n) is 6.58. The fourth-order valence-corrected chi connectivity index (χ4v) is 1.44. The van der Waals surface area contributed by atoms with Gasteiger partial charge in [0.25, 0.3) is 4.75 Å². The number of hydrogen-bond acceptors (Lipinski definition) is 2. The van der Waals surface area contributed by atoms with Crippen molar-refractivity contribution in [3.05, 3.63) is 36.0 Å². The van der Waals surface area contributed by atoms with E-state index in [1.165, 1.54) is 0 Å². The van der Waals surface area contributed by atoms with Gasteiger partial charge in [0.05, 0.1) is 5.02 Å². The number of nitrogens with zero attached hydrogens (tertiary/aromatic N) is 1. The summed E-state index contributed by atoms with van der Waals surface area (Å²) in [6.45, 7) is 5.42. The van der Waals surface area contributed by atoms with E-state index in [1.54, 1.807) is 25.3 Å². The zero-order chi connectivity index (χ0) is 9.19. The molecular weight excluding hydrogens is 194 g/mol. The normalized spacial score (nSPS) is 11.2. The largest absolute Gasteiger partial charge is 0.472 e. The van der Waals surface area contributed by atoms with Crippen LogP contribution in [0.1, 0.15) is 12.6 Å². The summed E-state index contributed by atoms with van der Waals surface area (Å²) < 4.78 is 9.85. The SMILES string of the molecule is [CH2]C(C)([S+]=O)c1ncccc1Cl. The van der Waals surface area contributed by atoms with Crippen molar-refractivity contribution in [1.82, 2.24) is 4.98 Å². The quantitative estimate of drug-likeness (QED) is 0.687. The van der Waals surface area contributed by atoms with Crippen LogP contribution < -0.4 is 0 Å². The van der Waals surface area contributed by atoms with Gasteiger partial charge in [-0.2, -0.15) is 0 Å². The number of halogens is 1. The highest BCUT2D eigenvalue weighted by Crippen LogP contribution is 2.26. The molecule has 4 heteroatoms. The summed E-state index contributed by atoms with van der Waals surface area (Å²) in [6, 6.07) is 3.42. The number of hydrogen-bond donors (Lipinski definition) is 0. The Bertz CT molecular complexity index is 301. The lowest BCUT2D eigenvalue weighted by molar-refractivity contribution is 0.590. The van der Waals surface area contributed by atoms with Gasteiger partial charge >= 0.3 is 11.7 Å². The molecule has 0 aromatic carbocycles. The molecule has 0 amide bonds. The molecule has 1 aromatic heterocycles. The summed E-state index contributed by atoms with van der Waals surface area (Å²) >= 11 is 6.22. The summed E-state index contributed by atoms with van der Waals surface area (Å²) in [4.78, 5) is 4.01. The Hall–Kier alpha value is -0.540. The van der Waals surface area contributed by atoms with E-state index in [1.807, 2.05) is 0 Å². The molecule has 0 aliphatic rings. The van der Waals surface area contributed by atoms with Gasteiger partial charge in [-0.05, 0) is 12.1 Å². The fourth-order valence-electron chi connectivity index (χ4n) is 0.814. The van der Waals surface area contributed by atoms with Gasteiger partial charge in [0.15, 0.2) is 0 Å². The molecule has 0 bridgehead atoms. The van der Waals surface area contributed by atoms with Gasteiger partial charge in [-0.15, -0.1) is 0 Å². The van der Waals surface area contributed by atoms with Gasteiger partial charge in [0.1, 0.15) is 5.69 Å². The van der Waals surface area contributed by atoms with Crippen LogP contribution in [0.25, 0.3) is 0 Å². The van der Waals surface area contributed by atoms with E-state index in [2.05, 4.69) is 11.9 Å². The molecule has 1 unspecified atom stereocenters. The first-order valence-corrected chi connectivity index (χ1v) is 4.47. The number of aromatic nitrogens is 1. The van der Waals surface area contributed by atoms with Crippen molar-refractivity contribution >= 4 is 23.3 Å². The van der Waals surface area contributed by atoms with Crippen LogP contribution in [0, 0.1) is 6.92 Å². The van der Waals surface area contributed by atoms with Gasteiger partial charge in [-0.3, -0.25) is 4.98 Å². The molecule has 0 spiro atoms. The maximum absolute atomic E-state index is 10.7. The Labute approximate surface area is 80.5 Å². The van der Waals surface area contributed by atoms with Crippen LogP contribution in [0.15, 0.2) is 18.3 Å². The Morgan fingerprint density at radius 3 is 2.92 bits per heavy atom. The Balaban J connectivity index is 3.19. The fraction of sp³-hybridized carbons (Fsp3) is 0.250. The minimum atomic E-state index is -0.807. The number of pyridine rings is 1. The van der Waals surface area contributed by atoms with Crippen LogP contribution in [-0.2, 0) is 20.6 Å². The topological polar surface area (TPSA) is 30.0 Å². The lowest BCUT2D eigenvalue weighted by atomic mass is 10.1. The summed E-state index contributed by atoms with van der Waals surface area (Å²) in [7, 11) is 0. The second kappa shape index (κ2) is 3.46. The van der Waals surface area contributed by atoms with Gasteiger partial charge < -0.3 is 0 Å². The second-order valence-electron chi connectivity index (χ2n) is 2.65. The van der Waals surface area contributed by atoms with Crippen molar-refractivity contribution in [3.63, 3.8) is 0 Å². The minimum Gasteiger partial charge on any atom is -0.253 e. The molecule has 0 saturated heterocycles. The first-order chi connectivity index (χ1) is 5.58. The Kier molecular flexibility index (Phi) is 2.75. The summed E-state index contributed by atoms with van der Waals surface area (Å²) in [6.07, 6.45) is 1.60. The Morgan fingerprint density at radius 2 is 2.42 bits per heavy atom. The van der Waals surface area contributed by atoms with Crippen molar-refractivity contribution in [2.24, 2.45) is 0 Å². The molecule has 12 heavy (non-hydrogen) atoms. The first-order valence-electron chi connectivity index (χ1n) is 3.35. The second-order valence-corrected chi connectivity index (χ2v) is 4.12. The third-order valence-corrected chi connectivity index (χ3v) is 2.31. The highest BCUT2D eigenvalue weighted by Gasteiger charge is 2.38. The van der Waals surface area contributed by atoms with E-state index in [4.69, 9.17) is 11.6 Å². The van der Waals surface area contributed by atoms with Crippen molar-refractivity contribution in [2.75, 3.05) is 0 Å². The molecule has 1 radical (unpaired) electrons. The van der Waals surface area contributed by atoms with Gasteiger partial charge in [0, 0.05) is 24.3 Å². The summed E-state index contributed by atoms with van der Waals surface area (Å²) in [5, 5.41) is 0.485. The third-order valence-electron chi connectivity index (χ3n) is 1.44. The average Bonchev–Trinajstić information content (AvgIpc) is 2.05. The number of rotatable bonds is 2. The zero-order valence-corrected chi connectivity index (χ0v) is 8.15. The standard InChI is InChI=1S/C8H8ClNOS/c1-8(2,12-11)7-6(9)4-3-5-10-7/h3-5H,1H2,2H3/q+1. The minimum absolute atomic E-state index is 0.386. The molecule has 2 nitrogen and oxygen atoms in total. The molecule has 0 saturated carbocycles. The molecule has 1 rings (SSSR count). The predicted molar refractivity (Wildman–Crippen MR) is 50.0 cm³/mol. The van der Waals surface area contributed by atoms with Crippen molar-refractivity contribution in [1.29, 1.82) is 0 Å². The molecule has 1 heterocycles. The van der Waals surface area contributed by atoms with Crippen LogP contribution in [0.4, 0.5) is 0 Å². The van der Waals surface area contributed by atoms with Crippen LogP contribution >= 0.6 is 11.6 Å². The maximum Gasteiger partial charge on any atom is 0.472 e. The van der Waals surface area contributed by atoms with Gasteiger partial charge in [-0.1, -0.05) is 11.6 Å². The van der Waals surface area contributed by atoms with Crippen LogP contribution in [0.5, 0.6) is 0 Å². The van der Waals surface area contributed by atoms with E-state index in [9.17, 15) is 4.21 Å². The highest BCUT2D eigenvalue weighted by atomic mass is 35.5. The summed E-state index contributed by atoms with van der Waals surface area (Å²) in [5.41, 5.74) is 0.534. The lowest BCUT2D eigenvalue weighted by Gasteiger charge is -2.05. The van der Waals surface area contributed by atoms with E-state index in [-0.39, 0.29) is 0 Å². The van der Waals surface area contributed by atoms with Crippen molar-refractivity contribution in [3.8, 4) is 0 Å². The van der Waals surface area contributed by atoms with Crippen LogP contribution in [0.3, 0.4) is 0 Å². The molecule has 1 aromatic rings. The van der Waals surface area contributed by atoms with Crippen LogP contribution in [-0.4, -0.2) is 4.98 Å². The molecule has 0 aliphatic heterocycles. The molecule has 63 valence electrons. The highest BCUT2D eigenvalue weighted by molar-refractivity contribution is 7.66. The van der Waals surface area contributed by atoms with Crippen molar-refractivity contribution < 1.29 is 4.21 Å². The van der Waals surface area contributed by atoms with E-state index in [0.29, 0.717) is 22.4 Å². The maximum atomic E-state index is 10.7. The molecule has 1 atom stereocenters. The van der Waals surface area contributed by atoms with Crippen molar-refractivity contribution in [2.45, 2.75) is 11.7 Å². The molecule has 0 aliphatic carbocycles. The smallest absolute Gasteiger partial charge is 0.253 e. The van der Waals surface area contributed by atoms with Crippen LogP contribution in [0.2, 0.25) is 5.02 Å². The predicted octanol–water partition coefficient (Wildman–Crippen LogP) is 2.21. The van der Waals surface area contributed by atoms with Gasteiger partial charge in [0.2, 0.25) is 0 Å². The monoisotopic (exact) mass is 201 g/mol. The van der Waals surface area contributed by atoms with Gasteiger partial charge in [-0.25, -0.2) is 0 Å². The average molecular weight is 202 g/mol. The third kappa shape index (κ3) is 1.79. The first kappa shape index (κ1) is 9.55. The molecular formula is C8H8ClNOS+. The molecule has 0 fully saturated rings. The Morgan fingerprint density at radius 1 is 1.75 bits per heavy atom. The lowest BCUT2D eigenvalue weighted by Crippen LogP contribution is -2.17. The van der Waals surface area contributed by atoms with E-state index >= 15 is 0 Å². The van der Waals surface area contributed by atoms with E-state index in [0.717, 1.165) is 0 Å². The van der Waals surface area contributed by atoms with E-state index < -0.39 is 4.75 Å². The summed E-state index contributed by atoms with van der Waals surface area (Å²) in [5.74, 6) is 0.